The van der Waals surface area contributed by atoms with E-state index < -0.39 is 24.6 Å². The lowest BCUT2D eigenvalue weighted by atomic mass is 9.90. The Bertz CT molecular complexity index is 744. The number of aliphatic hydroxyl groups is 1. The number of carbonyl (C=O) groups excluding carboxylic acids is 1. The first-order valence-corrected chi connectivity index (χ1v) is 7.84. The Morgan fingerprint density at radius 1 is 1.08 bits per heavy atom. The van der Waals surface area contributed by atoms with Crippen LogP contribution in [0, 0.1) is 0 Å². The van der Waals surface area contributed by atoms with Gasteiger partial charge in [0, 0.05) is 25.9 Å². The van der Waals surface area contributed by atoms with E-state index in [0.29, 0.717) is 0 Å². The molecule has 0 saturated carbocycles. The van der Waals surface area contributed by atoms with Crippen molar-refractivity contribution in [1.29, 1.82) is 0 Å². The summed E-state index contributed by atoms with van der Waals surface area (Å²) in [6.07, 6.45) is -5.46. The number of benzene rings is 2. The third-order valence-electron chi connectivity index (χ3n) is 4.69. The van der Waals surface area contributed by atoms with Crippen LogP contribution in [0.15, 0.2) is 42.5 Å². The van der Waals surface area contributed by atoms with E-state index in [1.54, 1.807) is 0 Å². The van der Waals surface area contributed by atoms with Gasteiger partial charge in [-0.15, -0.1) is 0 Å². The molecule has 1 N–H and O–H groups in total. The van der Waals surface area contributed by atoms with Crippen molar-refractivity contribution in [1.82, 2.24) is 4.90 Å². The number of nitrogens with zero attached hydrogens (tertiary/aromatic N) is 1. The van der Waals surface area contributed by atoms with Crippen LogP contribution in [0.4, 0.5) is 13.2 Å². The van der Waals surface area contributed by atoms with Crippen LogP contribution in [0.25, 0.3) is 10.8 Å². The Hall–Kier alpha value is -2.08. The molecule has 1 aliphatic rings. The molecular weight excluding hydrogens is 319 g/mol. The van der Waals surface area contributed by atoms with Crippen molar-refractivity contribution in [2.45, 2.75) is 31.0 Å². The van der Waals surface area contributed by atoms with Gasteiger partial charge in [-0.05, 0) is 16.3 Å². The van der Waals surface area contributed by atoms with Crippen LogP contribution in [0.1, 0.15) is 18.4 Å². The molecule has 3 nitrogen and oxygen atoms in total. The van der Waals surface area contributed by atoms with Gasteiger partial charge in [-0.2, -0.15) is 13.2 Å². The lowest BCUT2D eigenvalue weighted by molar-refractivity contribution is -0.272. The van der Waals surface area contributed by atoms with Gasteiger partial charge in [0.15, 0.2) is 5.60 Å². The highest BCUT2D eigenvalue weighted by Gasteiger charge is 2.54. The van der Waals surface area contributed by atoms with Crippen molar-refractivity contribution in [2.24, 2.45) is 0 Å². The summed E-state index contributed by atoms with van der Waals surface area (Å²) in [5.41, 5.74) is -1.82. The first-order chi connectivity index (χ1) is 11.3. The molecule has 24 heavy (non-hydrogen) atoms. The molecule has 3 rings (SSSR count). The summed E-state index contributed by atoms with van der Waals surface area (Å²) in [6, 6.07) is 13.4. The molecule has 0 bridgehead atoms. The summed E-state index contributed by atoms with van der Waals surface area (Å²) in [7, 11) is 0. The van der Waals surface area contributed by atoms with Gasteiger partial charge >= 0.3 is 6.18 Å². The molecule has 0 aliphatic carbocycles. The summed E-state index contributed by atoms with van der Waals surface area (Å²) in [6.45, 7) is -0.167. The number of rotatable bonds is 2. The van der Waals surface area contributed by atoms with Gasteiger partial charge < -0.3 is 10.0 Å². The first kappa shape index (κ1) is 16.8. The lowest BCUT2D eigenvalue weighted by Crippen LogP contribution is -2.54. The predicted octanol–water partition coefficient (Wildman–Crippen LogP) is 3.30. The molecule has 0 unspecified atom stereocenters. The normalized spacial score (nSPS) is 17.9. The number of hydrogen-bond donors (Lipinski definition) is 1. The van der Waals surface area contributed by atoms with Crippen molar-refractivity contribution < 1.29 is 23.1 Å². The Kier molecular flexibility index (Phi) is 4.25. The second-order valence-corrected chi connectivity index (χ2v) is 6.23. The molecule has 1 saturated heterocycles. The largest absolute Gasteiger partial charge is 0.417 e. The number of alkyl halides is 3. The molecule has 2 aromatic carbocycles. The fourth-order valence-corrected chi connectivity index (χ4v) is 3.13. The van der Waals surface area contributed by atoms with E-state index in [1.165, 1.54) is 4.90 Å². The minimum absolute atomic E-state index is 0.0837. The molecular formula is C18H18F3NO2. The van der Waals surface area contributed by atoms with Crippen molar-refractivity contribution in [3.8, 4) is 0 Å². The highest BCUT2D eigenvalue weighted by atomic mass is 19.4. The number of fused-ring (bicyclic) bond motifs is 1. The molecule has 0 atom stereocenters. The van der Waals surface area contributed by atoms with E-state index in [-0.39, 0.29) is 25.4 Å². The molecule has 1 amide bonds. The summed E-state index contributed by atoms with van der Waals surface area (Å²) in [4.78, 5) is 13.8. The smallest absolute Gasteiger partial charge is 0.380 e. The molecule has 128 valence electrons. The molecule has 0 spiro atoms. The Labute approximate surface area is 137 Å². The Morgan fingerprint density at radius 3 is 2.38 bits per heavy atom. The second kappa shape index (κ2) is 6.09. The van der Waals surface area contributed by atoms with Crippen LogP contribution in [-0.4, -0.2) is 40.8 Å². The number of carbonyl (C=O) groups is 1. The Balaban J connectivity index is 1.70. The van der Waals surface area contributed by atoms with Gasteiger partial charge in [-0.1, -0.05) is 42.5 Å². The van der Waals surface area contributed by atoms with Crippen molar-refractivity contribution in [3.05, 3.63) is 48.0 Å². The molecule has 2 aromatic rings. The number of halogens is 3. The average molecular weight is 337 g/mol. The van der Waals surface area contributed by atoms with Crippen LogP contribution in [0.2, 0.25) is 0 Å². The third-order valence-corrected chi connectivity index (χ3v) is 4.69. The average Bonchev–Trinajstić information content (AvgIpc) is 2.55. The van der Waals surface area contributed by atoms with Crippen LogP contribution < -0.4 is 0 Å². The SMILES string of the molecule is O=C(Cc1cccc2ccccc12)N1CCC(O)(C(F)(F)F)CC1. The minimum atomic E-state index is -4.65. The van der Waals surface area contributed by atoms with Crippen LogP contribution in [-0.2, 0) is 11.2 Å². The number of piperidine rings is 1. The van der Waals surface area contributed by atoms with E-state index in [2.05, 4.69) is 0 Å². The lowest BCUT2D eigenvalue weighted by Gasteiger charge is -2.39. The molecule has 1 heterocycles. The maximum Gasteiger partial charge on any atom is 0.417 e. The standard InChI is InChI=1S/C18H18F3NO2/c19-18(20,21)17(24)8-10-22(11-9-17)16(23)12-14-6-3-5-13-4-1-2-7-15(13)14/h1-7,24H,8-12H2. The summed E-state index contributed by atoms with van der Waals surface area (Å²) in [5.74, 6) is -0.212. The summed E-state index contributed by atoms with van der Waals surface area (Å²) in [5, 5.41) is 11.7. The third kappa shape index (κ3) is 3.11. The maximum absolute atomic E-state index is 12.8. The van der Waals surface area contributed by atoms with Crippen LogP contribution >= 0.6 is 0 Å². The van der Waals surface area contributed by atoms with Gasteiger partial charge in [0.05, 0.1) is 6.42 Å². The monoisotopic (exact) mass is 337 g/mol. The van der Waals surface area contributed by atoms with Gasteiger partial charge in [0.25, 0.3) is 0 Å². The van der Waals surface area contributed by atoms with E-state index in [0.717, 1.165) is 16.3 Å². The summed E-state index contributed by atoms with van der Waals surface area (Å²) < 4.78 is 38.5. The Morgan fingerprint density at radius 2 is 1.71 bits per heavy atom. The topological polar surface area (TPSA) is 40.5 Å². The highest BCUT2D eigenvalue weighted by Crippen LogP contribution is 2.38. The van der Waals surface area contributed by atoms with Crippen molar-refractivity contribution >= 4 is 16.7 Å². The van der Waals surface area contributed by atoms with Gasteiger partial charge in [0.1, 0.15) is 0 Å². The zero-order chi connectivity index (χ0) is 17.4. The molecule has 0 radical (unpaired) electrons. The number of hydrogen-bond acceptors (Lipinski definition) is 2. The van der Waals surface area contributed by atoms with Gasteiger partial charge in [0.2, 0.25) is 5.91 Å². The molecule has 1 fully saturated rings. The first-order valence-electron chi connectivity index (χ1n) is 7.84. The van der Waals surface area contributed by atoms with E-state index in [9.17, 15) is 23.1 Å². The maximum atomic E-state index is 12.8. The summed E-state index contributed by atoms with van der Waals surface area (Å²) >= 11 is 0. The number of likely N-dealkylation sites (tertiary alicyclic amines) is 1. The minimum Gasteiger partial charge on any atom is -0.380 e. The van der Waals surface area contributed by atoms with Crippen LogP contribution in [0.5, 0.6) is 0 Å². The fraction of sp³-hybridized carbons (Fsp3) is 0.389. The quantitative estimate of drug-likeness (QED) is 0.913. The van der Waals surface area contributed by atoms with Gasteiger partial charge in [-0.25, -0.2) is 0 Å². The molecule has 6 heteroatoms. The molecule has 1 aliphatic heterocycles. The zero-order valence-corrected chi connectivity index (χ0v) is 13.0. The second-order valence-electron chi connectivity index (χ2n) is 6.23. The van der Waals surface area contributed by atoms with E-state index >= 15 is 0 Å². The van der Waals surface area contributed by atoms with Crippen molar-refractivity contribution in [3.63, 3.8) is 0 Å². The number of amides is 1. The predicted molar refractivity (Wildman–Crippen MR) is 84.5 cm³/mol. The molecule has 0 aromatic heterocycles. The highest BCUT2D eigenvalue weighted by molar-refractivity contribution is 5.90. The zero-order valence-electron chi connectivity index (χ0n) is 13.0. The van der Waals surface area contributed by atoms with E-state index in [4.69, 9.17) is 0 Å². The fourth-order valence-electron chi connectivity index (χ4n) is 3.13. The van der Waals surface area contributed by atoms with E-state index in [1.807, 2.05) is 42.5 Å². The van der Waals surface area contributed by atoms with Crippen molar-refractivity contribution in [2.75, 3.05) is 13.1 Å². The van der Waals surface area contributed by atoms with Crippen LogP contribution in [0.3, 0.4) is 0 Å². The van der Waals surface area contributed by atoms with Gasteiger partial charge in [-0.3, -0.25) is 4.79 Å².